The number of rotatable bonds is 6. The lowest BCUT2D eigenvalue weighted by molar-refractivity contribution is -0.125. The second kappa shape index (κ2) is 8.59. The van der Waals surface area contributed by atoms with Crippen LogP contribution in [0.1, 0.15) is 18.4 Å². The maximum Gasteiger partial charge on any atom is 0.265 e. The molecule has 0 aliphatic heterocycles. The minimum Gasteiger partial charge on any atom is -0.493 e. The summed E-state index contributed by atoms with van der Waals surface area (Å²) in [5, 5.41) is 20.8. The number of carbonyl (C=O) groups is 2. The highest BCUT2D eigenvalue weighted by molar-refractivity contribution is 9.10. The quantitative estimate of drug-likeness (QED) is 0.508. The molecule has 0 radical (unpaired) electrons. The second-order valence-electron chi connectivity index (χ2n) is 5.87. The van der Waals surface area contributed by atoms with Crippen LogP contribution in [0.25, 0.3) is 10.9 Å². The molecule has 27 heavy (non-hydrogen) atoms. The first-order valence-corrected chi connectivity index (χ1v) is 9.07. The van der Waals surface area contributed by atoms with Gasteiger partial charge in [-0.05, 0) is 23.8 Å². The van der Waals surface area contributed by atoms with Crippen LogP contribution in [0, 0.1) is 0 Å². The van der Waals surface area contributed by atoms with E-state index in [-0.39, 0.29) is 30.3 Å². The first-order valence-electron chi connectivity index (χ1n) is 8.28. The smallest absolute Gasteiger partial charge is 0.265 e. The van der Waals surface area contributed by atoms with Gasteiger partial charge in [0, 0.05) is 29.2 Å². The molecule has 7 nitrogen and oxygen atoms in total. The number of azo groups is 1. The fraction of sp³-hybridized carbons (Fsp3) is 0.158. The van der Waals surface area contributed by atoms with Gasteiger partial charge in [0.15, 0.2) is 5.69 Å². The van der Waals surface area contributed by atoms with Crippen LogP contribution in [0.5, 0.6) is 5.88 Å². The largest absolute Gasteiger partial charge is 0.493 e. The van der Waals surface area contributed by atoms with Gasteiger partial charge in [0.25, 0.3) is 5.91 Å². The monoisotopic (exact) mass is 428 g/mol. The van der Waals surface area contributed by atoms with Crippen molar-refractivity contribution in [3.63, 3.8) is 0 Å². The van der Waals surface area contributed by atoms with E-state index >= 15 is 0 Å². The summed E-state index contributed by atoms with van der Waals surface area (Å²) >= 11 is 3.35. The molecule has 0 fully saturated rings. The molecule has 8 heteroatoms. The van der Waals surface area contributed by atoms with Crippen LogP contribution in [-0.2, 0) is 16.1 Å². The van der Waals surface area contributed by atoms with Crippen molar-refractivity contribution in [3.8, 4) is 5.88 Å². The lowest BCUT2D eigenvalue weighted by Gasteiger charge is -2.03. The normalized spacial score (nSPS) is 11.1. The summed E-state index contributed by atoms with van der Waals surface area (Å²) in [7, 11) is 0. The Labute approximate surface area is 163 Å². The molecule has 0 spiro atoms. The summed E-state index contributed by atoms with van der Waals surface area (Å²) in [5.41, 5.74) is 1.85. The molecule has 0 saturated carbocycles. The van der Waals surface area contributed by atoms with Crippen molar-refractivity contribution in [2.45, 2.75) is 19.4 Å². The number of aromatic amines is 1. The zero-order chi connectivity index (χ0) is 19.2. The number of nitrogens with zero attached hydrogens (tertiary/aromatic N) is 2. The molecule has 3 rings (SSSR count). The average molecular weight is 429 g/mol. The second-order valence-corrected chi connectivity index (χ2v) is 6.78. The van der Waals surface area contributed by atoms with Crippen LogP contribution >= 0.6 is 15.9 Å². The SMILES string of the molecule is O=C(CCC(=O)NCc1ccccc1)N=Nc1c(O)[nH]c2ccc(Br)cc12. The molecule has 3 aromatic rings. The van der Waals surface area contributed by atoms with Gasteiger partial charge in [0.05, 0.1) is 5.52 Å². The first-order chi connectivity index (χ1) is 13.0. The predicted octanol–water partition coefficient (Wildman–Crippen LogP) is 4.34. The maximum absolute atomic E-state index is 11.9. The van der Waals surface area contributed by atoms with Crippen LogP contribution < -0.4 is 5.32 Å². The average Bonchev–Trinajstić information content (AvgIpc) is 2.98. The maximum atomic E-state index is 11.9. The van der Waals surface area contributed by atoms with Crippen LogP contribution in [0.3, 0.4) is 0 Å². The van der Waals surface area contributed by atoms with Gasteiger partial charge in [0.2, 0.25) is 11.8 Å². The molecular formula is C19H17BrN4O3. The Morgan fingerprint density at radius 2 is 1.89 bits per heavy atom. The van der Waals surface area contributed by atoms with E-state index in [1.807, 2.05) is 36.4 Å². The van der Waals surface area contributed by atoms with E-state index in [0.717, 1.165) is 10.0 Å². The van der Waals surface area contributed by atoms with Crippen molar-refractivity contribution in [1.29, 1.82) is 0 Å². The van der Waals surface area contributed by atoms with Gasteiger partial charge in [0.1, 0.15) is 0 Å². The summed E-state index contributed by atoms with van der Waals surface area (Å²) in [6.45, 7) is 0.410. The molecular weight excluding hydrogens is 412 g/mol. The van der Waals surface area contributed by atoms with Crippen LogP contribution in [-0.4, -0.2) is 21.9 Å². The Morgan fingerprint density at radius 1 is 1.11 bits per heavy atom. The van der Waals surface area contributed by atoms with Crippen molar-refractivity contribution in [1.82, 2.24) is 10.3 Å². The van der Waals surface area contributed by atoms with E-state index in [1.54, 1.807) is 12.1 Å². The standard InChI is InChI=1S/C19H17BrN4O3/c20-13-6-7-15-14(10-13)18(19(27)22-15)24-23-17(26)9-8-16(25)21-11-12-4-2-1-3-5-12/h1-7,10,22,27H,8-9,11H2,(H,21,25). The molecule has 2 aromatic carbocycles. The highest BCUT2D eigenvalue weighted by Crippen LogP contribution is 2.36. The number of fused-ring (bicyclic) bond motifs is 1. The Morgan fingerprint density at radius 3 is 2.67 bits per heavy atom. The van der Waals surface area contributed by atoms with E-state index in [4.69, 9.17) is 0 Å². The molecule has 1 aromatic heterocycles. The molecule has 0 saturated heterocycles. The minimum absolute atomic E-state index is 0.0239. The van der Waals surface area contributed by atoms with Gasteiger partial charge in [-0.25, -0.2) is 0 Å². The molecule has 1 heterocycles. The van der Waals surface area contributed by atoms with Crippen LogP contribution in [0.4, 0.5) is 5.69 Å². The molecule has 0 aliphatic carbocycles. The lowest BCUT2D eigenvalue weighted by Crippen LogP contribution is -2.22. The summed E-state index contributed by atoms with van der Waals surface area (Å²) in [4.78, 5) is 26.5. The number of hydrogen-bond acceptors (Lipinski definition) is 4. The zero-order valence-electron chi connectivity index (χ0n) is 14.3. The Hall–Kier alpha value is -3.00. The molecule has 3 N–H and O–H groups in total. The summed E-state index contributed by atoms with van der Waals surface area (Å²) < 4.78 is 0.812. The van der Waals surface area contributed by atoms with Crippen LogP contribution in [0.15, 0.2) is 63.2 Å². The number of aromatic hydroxyl groups is 1. The van der Waals surface area contributed by atoms with Crippen molar-refractivity contribution in [2.75, 3.05) is 0 Å². The topological polar surface area (TPSA) is 107 Å². The van der Waals surface area contributed by atoms with E-state index in [9.17, 15) is 14.7 Å². The van der Waals surface area contributed by atoms with Crippen molar-refractivity contribution < 1.29 is 14.7 Å². The van der Waals surface area contributed by atoms with Gasteiger partial charge >= 0.3 is 0 Å². The number of aromatic nitrogens is 1. The van der Waals surface area contributed by atoms with Gasteiger partial charge in [-0.15, -0.1) is 10.2 Å². The number of halogens is 1. The van der Waals surface area contributed by atoms with Crippen molar-refractivity contribution in [3.05, 3.63) is 58.6 Å². The minimum atomic E-state index is -0.534. The molecule has 0 aliphatic rings. The zero-order valence-corrected chi connectivity index (χ0v) is 15.9. The third-order valence-electron chi connectivity index (χ3n) is 3.87. The number of benzene rings is 2. The fourth-order valence-electron chi connectivity index (χ4n) is 2.50. The van der Waals surface area contributed by atoms with Crippen LogP contribution in [0.2, 0.25) is 0 Å². The molecule has 2 amide bonds. The third kappa shape index (κ3) is 5.01. The van der Waals surface area contributed by atoms with Crippen molar-refractivity contribution in [2.24, 2.45) is 10.2 Å². The highest BCUT2D eigenvalue weighted by Gasteiger charge is 2.12. The number of nitrogens with one attached hydrogen (secondary N) is 2. The third-order valence-corrected chi connectivity index (χ3v) is 4.37. The molecule has 0 atom stereocenters. The van der Waals surface area contributed by atoms with Gasteiger partial charge in [-0.3, -0.25) is 9.59 Å². The first kappa shape index (κ1) is 18.8. The number of carbonyl (C=O) groups excluding carboxylic acids is 2. The number of amides is 2. The summed E-state index contributed by atoms with van der Waals surface area (Å²) in [6.07, 6.45) is -0.0347. The van der Waals surface area contributed by atoms with E-state index in [1.165, 1.54) is 0 Å². The van der Waals surface area contributed by atoms with E-state index in [2.05, 4.69) is 36.5 Å². The van der Waals surface area contributed by atoms with Gasteiger partial charge < -0.3 is 15.4 Å². The van der Waals surface area contributed by atoms with E-state index < -0.39 is 5.91 Å². The summed E-state index contributed by atoms with van der Waals surface area (Å²) in [5.74, 6) is -0.935. The molecule has 0 bridgehead atoms. The Balaban J connectivity index is 1.54. The highest BCUT2D eigenvalue weighted by atomic mass is 79.9. The lowest BCUT2D eigenvalue weighted by atomic mass is 10.2. The summed E-state index contributed by atoms with van der Waals surface area (Å²) in [6, 6.07) is 14.9. The molecule has 0 unspecified atom stereocenters. The number of hydrogen-bond donors (Lipinski definition) is 3. The predicted molar refractivity (Wildman–Crippen MR) is 105 cm³/mol. The van der Waals surface area contributed by atoms with Crippen molar-refractivity contribution >= 4 is 44.3 Å². The number of H-pyrrole nitrogens is 1. The Kier molecular flexibility index (Phi) is 5.97. The fourth-order valence-corrected chi connectivity index (χ4v) is 2.86. The Bertz CT molecular complexity index is 999. The van der Waals surface area contributed by atoms with Gasteiger partial charge in [-0.2, -0.15) is 0 Å². The van der Waals surface area contributed by atoms with Gasteiger partial charge in [-0.1, -0.05) is 46.3 Å². The van der Waals surface area contributed by atoms with E-state index in [0.29, 0.717) is 17.4 Å². The molecule has 138 valence electrons.